The molecule has 0 bridgehead atoms. The van der Waals surface area contributed by atoms with Gasteiger partial charge in [0, 0.05) is 61.5 Å². The number of benzene rings is 3. The molecule has 0 aliphatic carbocycles. The Labute approximate surface area is 239 Å². The van der Waals surface area contributed by atoms with Gasteiger partial charge in [-0.25, -0.2) is 0 Å². The number of ether oxygens (including phenoxy) is 1. The van der Waals surface area contributed by atoms with Crippen LogP contribution in [0.2, 0.25) is 0 Å². The third-order valence-electron chi connectivity index (χ3n) is 6.84. The molecule has 4 aromatic rings. The lowest BCUT2D eigenvalue weighted by Gasteiger charge is -2.28. The minimum atomic E-state index is -4.48. The number of para-hydroxylation sites is 1. The maximum atomic E-state index is 13.7. The van der Waals surface area contributed by atoms with Crippen LogP contribution in [0, 0.1) is 10.1 Å². The summed E-state index contributed by atoms with van der Waals surface area (Å²) in [6.45, 7) is 0.164. The molecule has 0 atom stereocenters. The predicted octanol–water partition coefficient (Wildman–Crippen LogP) is 5.46. The Kier molecular flexibility index (Phi) is 9.58. The molecule has 0 fully saturated rings. The van der Waals surface area contributed by atoms with Crippen LogP contribution >= 0.6 is 0 Å². The predicted molar refractivity (Wildman–Crippen MR) is 150 cm³/mol. The van der Waals surface area contributed by atoms with Crippen LogP contribution in [0.1, 0.15) is 27.0 Å². The number of nitro groups is 1. The molecule has 2 amide bonds. The molecule has 4 rings (SSSR count). The van der Waals surface area contributed by atoms with E-state index in [1.165, 1.54) is 53.3 Å². The van der Waals surface area contributed by atoms with E-state index in [0.29, 0.717) is 12.0 Å². The smallest absolute Gasteiger partial charge is 0.383 e. The molecule has 1 heterocycles. The number of nitrogens with one attached hydrogen (secondary N) is 1. The standard InChI is InChI=1S/C30H29F3N4O5/c1-42-17-16-36(29(39)22-8-12-25(13-9-22)37(40)41)20-28(38)35(19-21-6-10-24(11-7-21)30(31,32)33)15-14-23-18-34-27-5-3-2-4-26(23)27/h2-13,18,34H,14-17,19-20H2,1H3. The molecule has 0 saturated heterocycles. The van der Waals surface area contributed by atoms with E-state index >= 15 is 0 Å². The fraction of sp³-hybridized carbons (Fsp3) is 0.267. The van der Waals surface area contributed by atoms with Crippen molar-refractivity contribution in [2.75, 3.05) is 33.4 Å². The van der Waals surface area contributed by atoms with Crippen molar-refractivity contribution >= 4 is 28.4 Å². The van der Waals surface area contributed by atoms with Crippen molar-refractivity contribution in [2.24, 2.45) is 0 Å². The average Bonchev–Trinajstić information content (AvgIpc) is 3.39. The maximum Gasteiger partial charge on any atom is 0.416 e. The number of aromatic amines is 1. The van der Waals surface area contributed by atoms with Gasteiger partial charge in [0.05, 0.1) is 17.1 Å². The summed E-state index contributed by atoms with van der Waals surface area (Å²) >= 11 is 0. The number of hydrogen-bond donors (Lipinski definition) is 1. The van der Waals surface area contributed by atoms with Crippen LogP contribution in [-0.2, 0) is 28.7 Å². The number of carbonyl (C=O) groups is 2. The molecule has 3 aromatic carbocycles. The highest BCUT2D eigenvalue weighted by atomic mass is 19.4. The van der Waals surface area contributed by atoms with Crippen molar-refractivity contribution in [3.63, 3.8) is 0 Å². The minimum Gasteiger partial charge on any atom is -0.383 e. The van der Waals surface area contributed by atoms with E-state index in [1.54, 1.807) is 0 Å². The van der Waals surface area contributed by atoms with Gasteiger partial charge in [-0.2, -0.15) is 13.2 Å². The number of hydrogen-bond acceptors (Lipinski definition) is 5. The second kappa shape index (κ2) is 13.3. The molecule has 0 saturated carbocycles. The Morgan fingerprint density at radius 3 is 2.29 bits per heavy atom. The van der Waals surface area contributed by atoms with Gasteiger partial charge in [0.2, 0.25) is 5.91 Å². The number of halogens is 3. The number of methoxy groups -OCH3 is 1. The van der Waals surface area contributed by atoms with Gasteiger partial charge in [0.1, 0.15) is 6.54 Å². The second-order valence-corrected chi connectivity index (χ2v) is 9.64. The Morgan fingerprint density at radius 1 is 0.952 bits per heavy atom. The van der Waals surface area contributed by atoms with Gasteiger partial charge in [0.25, 0.3) is 11.6 Å². The molecule has 0 aliphatic rings. The zero-order chi connectivity index (χ0) is 30.3. The fourth-order valence-electron chi connectivity index (χ4n) is 4.53. The molecular formula is C30H29F3N4O5. The van der Waals surface area contributed by atoms with E-state index in [4.69, 9.17) is 4.74 Å². The van der Waals surface area contributed by atoms with Crippen LogP contribution in [0.4, 0.5) is 18.9 Å². The van der Waals surface area contributed by atoms with Gasteiger partial charge in [0.15, 0.2) is 0 Å². The van der Waals surface area contributed by atoms with Crippen molar-refractivity contribution in [1.29, 1.82) is 0 Å². The second-order valence-electron chi connectivity index (χ2n) is 9.64. The first kappa shape index (κ1) is 30.3. The van der Waals surface area contributed by atoms with Gasteiger partial charge in [-0.1, -0.05) is 30.3 Å². The molecule has 42 heavy (non-hydrogen) atoms. The topological polar surface area (TPSA) is 109 Å². The summed E-state index contributed by atoms with van der Waals surface area (Å²) in [5.41, 5.74) is 1.60. The zero-order valence-electron chi connectivity index (χ0n) is 22.8. The highest BCUT2D eigenvalue weighted by Gasteiger charge is 2.30. The Bertz CT molecular complexity index is 1540. The molecule has 0 radical (unpaired) electrons. The fourth-order valence-corrected chi connectivity index (χ4v) is 4.53. The number of nitro benzene ring substituents is 1. The molecule has 0 spiro atoms. The quantitative estimate of drug-likeness (QED) is 0.176. The molecule has 12 heteroatoms. The SMILES string of the molecule is COCCN(CC(=O)N(CCc1c[nH]c2ccccc12)Cc1ccc(C(F)(F)F)cc1)C(=O)c1ccc([N+](=O)[O-])cc1. The molecule has 0 unspecified atom stereocenters. The monoisotopic (exact) mass is 582 g/mol. The number of alkyl halides is 3. The summed E-state index contributed by atoms with van der Waals surface area (Å²) in [6.07, 6.45) is -2.16. The first-order chi connectivity index (χ1) is 20.1. The lowest BCUT2D eigenvalue weighted by atomic mass is 10.1. The molecule has 9 nitrogen and oxygen atoms in total. The van der Waals surface area contributed by atoms with Gasteiger partial charge in [-0.3, -0.25) is 19.7 Å². The van der Waals surface area contributed by atoms with Gasteiger partial charge in [-0.15, -0.1) is 0 Å². The third-order valence-corrected chi connectivity index (χ3v) is 6.84. The summed E-state index contributed by atoms with van der Waals surface area (Å²) < 4.78 is 44.4. The van der Waals surface area contributed by atoms with Crippen LogP contribution in [0.5, 0.6) is 0 Å². The van der Waals surface area contributed by atoms with E-state index in [1.807, 2.05) is 30.5 Å². The number of H-pyrrole nitrogens is 1. The number of fused-ring (bicyclic) bond motifs is 1. The van der Waals surface area contributed by atoms with Crippen molar-refractivity contribution < 1.29 is 32.4 Å². The first-order valence-electron chi connectivity index (χ1n) is 13.1. The van der Waals surface area contributed by atoms with Crippen LogP contribution in [0.25, 0.3) is 10.9 Å². The van der Waals surface area contributed by atoms with E-state index in [0.717, 1.165) is 28.6 Å². The number of amides is 2. The summed E-state index contributed by atoms with van der Waals surface area (Å²) in [5.74, 6) is -0.928. The number of aromatic nitrogens is 1. The van der Waals surface area contributed by atoms with Crippen LogP contribution < -0.4 is 0 Å². The molecule has 1 N–H and O–H groups in total. The Balaban J connectivity index is 1.56. The van der Waals surface area contributed by atoms with E-state index in [2.05, 4.69) is 4.98 Å². The minimum absolute atomic E-state index is 0.0309. The summed E-state index contributed by atoms with van der Waals surface area (Å²) in [5, 5.41) is 12.0. The lowest BCUT2D eigenvalue weighted by molar-refractivity contribution is -0.384. The maximum absolute atomic E-state index is 13.7. The highest BCUT2D eigenvalue weighted by Crippen LogP contribution is 2.29. The normalized spacial score (nSPS) is 11.4. The Hall–Kier alpha value is -4.71. The molecular weight excluding hydrogens is 553 g/mol. The highest BCUT2D eigenvalue weighted by molar-refractivity contribution is 5.96. The van der Waals surface area contributed by atoms with Crippen LogP contribution in [-0.4, -0.2) is 64.9 Å². The zero-order valence-corrected chi connectivity index (χ0v) is 22.8. The van der Waals surface area contributed by atoms with E-state index < -0.39 is 28.5 Å². The lowest BCUT2D eigenvalue weighted by Crippen LogP contribution is -2.44. The number of non-ortho nitro benzene ring substituents is 1. The largest absolute Gasteiger partial charge is 0.416 e. The van der Waals surface area contributed by atoms with Gasteiger partial charge >= 0.3 is 6.18 Å². The van der Waals surface area contributed by atoms with Crippen LogP contribution in [0.3, 0.4) is 0 Å². The summed E-state index contributed by atoms with van der Waals surface area (Å²) in [6, 6.07) is 17.4. The van der Waals surface area contributed by atoms with Crippen molar-refractivity contribution in [1.82, 2.24) is 14.8 Å². The molecule has 1 aromatic heterocycles. The number of rotatable bonds is 12. The Morgan fingerprint density at radius 2 is 1.64 bits per heavy atom. The van der Waals surface area contributed by atoms with Crippen molar-refractivity contribution in [2.45, 2.75) is 19.1 Å². The summed E-state index contributed by atoms with van der Waals surface area (Å²) in [7, 11) is 1.45. The van der Waals surface area contributed by atoms with Crippen LogP contribution in [0.15, 0.2) is 79.0 Å². The van der Waals surface area contributed by atoms with Gasteiger partial charge in [-0.05, 0) is 47.9 Å². The van der Waals surface area contributed by atoms with Crippen molar-refractivity contribution in [3.05, 3.63) is 111 Å². The van der Waals surface area contributed by atoms with E-state index in [-0.39, 0.29) is 44.0 Å². The third kappa shape index (κ3) is 7.52. The number of carbonyl (C=O) groups excluding carboxylic acids is 2. The van der Waals surface area contributed by atoms with E-state index in [9.17, 15) is 32.9 Å². The number of nitrogens with zero attached hydrogens (tertiary/aromatic N) is 3. The summed E-state index contributed by atoms with van der Waals surface area (Å²) in [4.78, 5) is 43.4. The first-order valence-corrected chi connectivity index (χ1v) is 13.1. The molecule has 220 valence electrons. The molecule has 0 aliphatic heterocycles. The van der Waals surface area contributed by atoms with Crippen molar-refractivity contribution in [3.8, 4) is 0 Å². The average molecular weight is 583 g/mol. The van der Waals surface area contributed by atoms with Gasteiger partial charge < -0.3 is 19.5 Å².